The van der Waals surface area contributed by atoms with Crippen molar-refractivity contribution in [1.29, 1.82) is 0 Å². The molecule has 14 rings (SSSR count). The maximum atomic E-state index is 2.59. The van der Waals surface area contributed by atoms with E-state index in [9.17, 15) is 0 Å². The molecule has 0 aromatic heterocycles. The molecule has 64 heavy (non-hydrogen) atoms. The molecule has 10 aromatic rings. The third kappa shape index (κ3) is 4.97. The minimum absolute atomic E-state index is 0.617. The Morgan fingerprint density at radius 2 is 0.953 bits per heavy atom. The molecule has 0 N–H and O–H groups in total. The number of nitrogens with zero attached hydrogens (tertiary/aromatic N) is 2. The van der Waals surface area contributed by atoms with Gasteiger partial charge >= 0.3 is 0 Å². The quantitative estimate of drug-likeness (QED) is 0.175. The Bertz CT molecular complexity index is 3610. The predicted molar refractivity (Wildman–Crippen MR) is 270 cm³/mol. The van der Waals surface area contributed by atoms with Crippen molar-refractivity contribution in [1.82, 2.24) is 0 Å². The van der Waals surface area contributed by atoms with E-state index in [1.165, 1.54) is 128 Å². The monoisotopic (exact) mass is 818 g/mol. The minimum Gasteiger partial charge on any atom is -0.310 e. The summed E-state index contributed by atoms with van der Waals surface area (Å²) < 4.78 is 0. The van der Waals surface area contributed by atoms with E-state index in [-0.39, 0.29) is 0 Å². The van der Waals surface area contributed by atoms with Gasteiger partial charge in [-0.05, 0) is 172 Å². The molecule has 1 unspecified atom stereocenters. The van der Waals surface area contributed by atoms with Crippen LogP contribution in [0.25, 0.3) is 54.9 Å². The third-order valence-electron chi connectivity index (χ3n) is 14.6. The fraction of sp³-hybridized carbons (Fsp3) is 0.0968. The maximum Gasteiger partial charge on any atom is 0.0727 e. The minimum atomic E-state index is -0.617. The van der Waals surface area contributed by atoms with Crippen LogP contribution < -0.4 is 9.80 Å². The zero-order valence-electron chi connectivity index (χ0n) is 36.8. The first-order valence-corrected chi connectivity index (χ1v) is 22.6. The summed E-state index contributed by atoms with van der Waals surface area (Å²) in [6.07, 6.45) is 0. The van der Waals surface area contributed by atoms with Crippen molar-refractivity contribution in [3.8, 4) is 33.4 Å². The van der Waals surface area contributed by atoms with E-state index in [0.29, 0.717) is 0 Å². The predicted octanol–water partition coefficient (Wildman–Crippen LogP) is 16.8. The van der Waals surface area contributed by atoms with Crippen molar-refractivity contribution in [2.45, 2.75) is 40.0 Å². The van der Waals surface area contributed by atoms with Gasteiger partial charge in [0.15, 0.2) is 0 Å². The molecule has 8 bridgehead atoms. The van der Waals surface area contributed by atoms with Crippen LogP contribution in [0.2, 0.25) is 0 Å². The highest BCUT2D eigenvalue weighted by molar-refractivity contribution is 6.19. The number of aryl methyl sites for hydroxylation is 5. The summed E-state index contributed by atoms with van der Waals surface area (Å²) in [7, 11) is 0. The molecule has 304 valence electrons. The van der Waals surface area contributed by atoms with E-state index < -0.39 is 5.41 Å². The largest absolute Gasteiger partial charge is 0.310 e. The van der Waals surface area contributed by atoms with Crippen LogP contribution >= 0.6 is 0 Å². The average molecular weight is 819 g/mol. The van der Waals surface area contributed by atoms with Crippen molar-refractivity contribution >= 4 is 55.7 Å². The summed E-state index contributed by atoms with van der Waals surface area (Å²) in [6.45, 7) is 11.1. The lowest BCUT2D eigenvalue weighted by molar-refractivity contribution is 0.795. The van der Waals surface area contributed by atoms with Gasteiger partial charge in [-0.25, -0.2) is 0 Å². The van der Waals surface area contributed by atoms with Gasteiger partial charge in [-0.15, -0.1) is 0 Å². The van der Waals surface area contributed by atoms with Gasteiger partial charge in [0.1, 0.15) is 0 Å². The molecule has 1 atom stereocenters. The van der Waals surface area contributed by atoms with Crippen LogP contribution in [-0.2, 0) is 5.41 Å². The Morgan fingerprint density at radius 1 is 0.375 bits per heavy atom. The van der Waals surface area contributed by atoms with Gasteiger partial charge < -0.3 is 9.80 Å². The van der Waals surface area contributed by atoms with Crippen LogP contribution in [0.15, 0.2) is 188 Å². The second-order valence-electron chi connectivity index (χ2n) is 18.4. The molecule has 0 amide bonds. The van der Waals surface area contributed by atoms with Crippen molar-refractivity contribution in [2.24, 2.45) is 0 Å². The van der Waals surface area contributed by atoms with Crippen molar-refractivity contribution in [3.05, 3.63) is 238 Å². The Labute approximate surface area is 375 Å². The van der Waals surface area contributed by atoms with Gasteiger partial charge in [0.25, 0.3) is 0 Å². The maximum absolute atomic E-state index is 2.59. The molecule has 2 aliphatic carbocycles. The second kappa shape index (κ2) is 13.4. The molecular formula is C62H46N2. The highest BCUT2D eigenvalue weighted by Crippen LogP contribution is 2.67. The third-order valence-corrected chi connectivity index (χ3v) is 14.6. The molecule has 0 fully saturated rings. The van der Waals surface area contributed by atoms with E-state index >= 15 is 0 Å². The molecule has 1 spiro atoms. The standard InChI is InChI=1S/C62H46N2/c1-37-19-27-44(28-20-37)63(56-32-39(3)18-23-40(56)4)58-35-54-60(49-15-8-6-13-47(49)58)61-50-16-9-7-14-48(50)59-36-55(61)62(54)52-17-11-10-12-46(52)51-33-42(26-31-53(51)62)43-25-24-41(5)57(34-43)64(59)45-29-21-38(2)22-30-45/h6-36H,1-5H3. The SMILES string of the molecule is Cc1ccc(N(c2cc(C)ccc2C)c2cc3c(c4ccccc24)-c2c4cc(c5ccccc25)N(c2ccc(C)cc2)c2cc(ccc2C)-c2ccc5c(c2)-c2ccccc2C534)cc1. The average Bonchev–Trinajstić information content (AvgIpc) is 3.78. The number of anilines is 6. The lowest BCUT2D eigenvalue weighted by atomic mass is 9.69. The molecular weight excluding hydrogens is 773 g/mol. The van der Waals surface area contributed by atoms with E-state index in [1.54, 1.807) is 0 Å². The fourth-order valence-electron chi connectivity index (χ4n) is 11.6. The molecule has 2 aliphatic heterocycles. The van der Waals surface area contributed by atoms with Crippen molar-refractivity contribution < 1.29 is 0 Å². The van der Waals surface area contributed by atoms with Crippen molar-refractivity contribution in [2.75, 3.05) is 9.80 Å². The molecule has 2 heterocycles. The Morgan fingerprint density at radius 3 is 1.72 bits per heavy atom. The molecule has 2 heteroatoms. The molecule has 2 nitrogen and oxygen atoms in total. The highest BCUT2D eigenvalue weighted by atomic mass is 15.2. The first-order chi connectivity index (χ1) is 31.3. The molecule has 0 saturated heterocycles. The van der Waals surface area contributed by atoms with Crippen LogP contribution in [0.3, 0.4) is 0 Å². The molecule has 0 saturated carbocycles. The number of hydrogen-bond donors (Lipinski definition) is 0. The van der Waals surface area contributed by atoms with Gasteiger partial charge in [-0.2, -0.15) is 0 Å². The van der Waals surface area contributed by atoms with Crippen molar-refractivity contribution in [3.63, 3.8) is 0 Å². The Hall–Kier alpha value is -7.68. The zero-order valence-corrected chi connectivity index (χ0v) is 36.8. The lowest BCUT2D eigenvalue weighted by Crippen LogP contribution is -2.27. The van der Waals surface area contributed by atoms with Gasteiger partial charge in [-0.3, -0.25) is 0 Å². The van der Waals surface area contributed by atoms with Gasteiger partial charge in [0.05, 0.1) is 16.8 Å². The molecule has 10 aromatic carbocycles. The Kier molecular flexibility index (Phi) is 7.74. The van der Waals surface area contributed by atoms with Crippen LogP contribution in [0.4, 0.5) is 34.1 Å². The zero-order chi connectivity index (χ0) is 43.0. The summed E-state index contributed by atoms with van der Waals surface area (Å²) in [6, 6.07) is 72.2. The normalized spacial score (nSPS) is 15.0. The summed E-state index contributed by atoms with van der Waals surface area (Å²) in [4.78, 5) is 5.07. The van der Waals surface area contributed by atoms with Crippen LogP contribution in [0, 0.1) is 34.6 Å². The molecule has 4 aliphatic rings. The van der Waals surface area contributed by atoms with Crippen LogP contribution in [0.1, 0.15) is 50.1 Å². The number of rotatable bonds is 4. The Balaban J connectivity index is 1.25. The second-order valence-corrected chi connectivity index (χ2v) is 18.4. The fourth-order valence-corrected chi connectivity index (χ4v) is 11.6. The van der Waals surface area contributed by atoms with E-state index in [1.807, 2.05) is 0 Å². The topological polar surface area (TPSA) is 6.48 Å². The van der Waals surface area contributed by atoms with E-state index in [0.717, 1.165) is 11.4 Å². The first kappa shape index (κ1) is 36.9. The van der Waals surface area contributed by atoms with Crippen LogP contribution in [-0.4, -0.2) is 0 Å². The summed E-state index contributed by atoms with van der Waals surface area (Å²) >= 11 is 0. The van der Waals surface area contributed by atoms with E-state index in [2.05, 4.69) is 232 Å². The van der Waals surface area contributed by atoms with Crippen LogP contribution in [0.5, 0.6) is 0 Å². The van der Waals surface area contributed by atoms with Gasteiger partial charge in [0.2, 0.25) is 0 Å². The van der Waals surface area contributed by atoms with Gasteiger partial charge in [-0.1, -0.05) is 145 Å². The summed E-state index contributed by atoms with van der Waals surface area (Å²) in [5.41, 5.74) is 25.6. The smallest absolute Gasteiger partial charge is 0.0727 e. The number of fused-ring (bicyclic) bond motifs is 8. The van der Waals surface area contributed by atoms with E-state index in [4.69, 9.17) is 0 Å². The van der Waals surface area contributed by atoms with Gasteiger partial charge in [0, 0.05) is 33.5 Å². The highest BCUT2D eigenvalue weighted by Gasteiger charge is 2.53. The first-order valence-electron chi connectivity index (χ1n) is 22.6. The summed E-state index contributed by atoms with van der Waals surface area (Å²) in [5, 5.41) is 4.99. The number of hydrogen-bond acceptors (Lipinski definition) is 2. The lowest BCUT2D eigenvalue weighted by Gasteiger charge is -2.35. The summed E-state index contributed by atoms with van der Waals surface area (Å²) in [5.74, 6) is 0. The molecule has 0 radical (unpaired) electrons. The number of benzene rings is 10.